The summed E-state index contributed by atoms with van der Waals surface area (Å²) in [7, 11) is 0. The molecule has 0 radical (unpaired) electrons. The first kappa shape index (κ1) is 18.4. The fourth-order valence-electron chi connectivity index (χ4n) is 4.11. The Morgan fingerprint density at radius 1 is 1.10 bits per heavy atom. The van der Waals surface area contributed by atoms with Crippen molar-refractivity contribution < 1.29 is 19.1 Å². The van der Waals surface area contributed by atoms with Gasteiger partial charge in [0.05, 0.1) is 12.0 Å². The quantitative estimate of drug-likeness (QED) is 0.842. The first-order chi connectivity index (χ1) is 14.2. The lowest BCUT2D eigenvalue weighted by Crippen LogP contribution is -2.36. The Balaban J connectivity index is 1.29. The number of hydrogen-bond donors (Lipinski definition) is 1. The molecule has 0 saturated carbocycles. The molecule has 2 aromatic carbocycles. The first-order valence-electron chi connectivity index (χ1n) is 9.91. The largest absolute Gasteiger partial charge is 0.486 e. The Labute approximate surface area is 173 Å². The van der Waals surface area contributed by atoms with E-state index in [2.05, 4.69) is 17.4 Å². The summed E-state index contributed by atoms with van der Waals surface area (Å²) in [6, 6.07) is 13.7. The molecule has 2 atom stereocenters. The highest BCUT2D eigenvalue weighted by Crippen LogP contribution is 2.38. The molecule has 7 heteroatoms. The number of fused-ring (bicyclic) bond motifs is 2. The zero-order valence-electron chi connectivity index (χ0n) is 15.9. The number of carbonyl (C=O) groups excluding carboxylic acids is 2. The lowest BCUT2D eigenvalue weighted by molar-refractivity contribution is -0.127. The van der Waals surface area contributed by atoms with E-state index in [4.69, 9.17) is 9.47 Å². The lowest BCUT2D eigenvalue weighted by Gasteiger charge is -2.27. The van der Waals surface area contributed by atoms with E-state index in [1.807, 2.05) is 42.1 Å². The van der Waals surface area contributed by atoms with Gasteiger partial charge in [-0.15, -0.1) is 11.8 Å². The topological polar surface area (TPSA) is 67.9 Å². The van der Waals surface area contributed by atoms with E-state index < -0.39 is 0 Å². The van der Waals surface area contributed by atoms with Crippen molar-refractivity contribution in [3.05, 3.63) is 48.0 Å². The summed E-state index contributed by atoms with van der Waals surface area (Å²) in [5, 5.41) is 3.18. The molecule has 150 valence electrons. The first-order valence-corrected chi connectivity index (χ1v) is 10.9. The summed E-state index contributed by atoms with van der Waals surface area (Å²) in [6.07, 6.45) is 1.13. The molecule has 2 amide bonds. The normalized spacial score (nSPS) is 22.9. The van der Waals surface area contributed by atoms with Crippen LogP contribution in [0.5, 0.6) is 11.5 Å². The van der Waals surface area contributed by atoms with Crippen LogP contribution in [0.25, 0.3) is 0 Å². The van der Waals surface area contributed by atoms with Gasteiger partial charge in [-0.05, 0) is 30.2 Å². The van der Waals surface area contributed by atoms with Gasteiger partial charge < -0.3 is 19.7 Å². The number of benzene rings is 2. The smallest absolute Gasteiger partial charge is 0.227 e. The molecule has 3 aliphatic heterocycles. The van der Waals surface area contributed by atoms with Crippen molar-refractivity contribution in [1.82, 2.24) is 5.32 Å². The summed E-state index contributed by atoms with van der Waals surface area (Å²) in [5.74, 6) is 1.87. The summed E-state index contributed by atoms with van der Waals surface area (Å²) < 4.78 is 11.2. The number of thioether (sulfide) groups is 1. The minimum Gasteiger partial charge on any atom is -0.486 e. The van der Waals surface area contributed by atoms with Gasteiger partial charge in [0.15, 0.2) is 11.5 Å². The Morgan fingerprint density at radius 2 is 1.93 bits per heavy atom. The SMILES string of the molecule is O=C(N[C@H]1CCSc2ccccc21)[C@@H]1CC(=O)N(c2ccc3c(c2)OCCO3)C1. The number of amides is 2. The summed E-state index contributed by atoms with van der Waals surface area (Å²) in [4.78, 5) is 28.5. The van der Waals surface area contributed by atoms with Crippen LogP contribution in [-0.2, 0) is 9.59 Å². The fourth-order valence-corrected chi connectivity index (χ4v) is 5.24. The van der Waals surface area contributed by atoms with Gasteiger partial charge >= 0.3 is 0 Å². The number of nitrogens with zero attached hydrogens (tertiary/aromatic N) is 1. The Morgan fingerprint density at radius 3 is 2.83 bits per heavy atom. The molecule has 0 spiro atoms. The van der Waals surface area contributed by atoms with Crippen LogP contribution < -0.4 is 19.7 Å². The molecule has 5 rings (SSSR count). The van der Waals surface area contributed by atoms with Crippen LogP contribution in [0.3, 0.4) is 0 Å². The Bertz CT molecular complexity index is 964. The number of nitrogens with one attached hydrogen (secondary N) is 1. The highest BCUT2D eigenvalue weighted by Gasteiger charge is 2.36. The standard InChI is InChI=1S/C22H22N2O4S/c25-21-11-14(13-24(21)15-5-6-18-19(12-15)28-9-8-27-18)22(26)23-17-7-10-29-20-4-2-1-3-16(17)20/h1-6,12,14,17H,7-11,13H2,(H,23,26)/t14-,17+/m1/s1. The number of hydrogen-bond acceptors (Lipinski definition) is 5. The van der Waals surface area contributed by atoms with E-state index in [9.17, 15) is 9.59 Å². The maximum absolute atomic E-state index is 12.9. The molecule has 1 N–H and O–H groups in total. The number of anilines is 1. The molecule has 1 fully saturated rings. The van der Waals surface area contributed by atoms with Gasteiger partial charge in [0.2, 0.25) is 11.8 Å². The van der Waals surface area contributed by atoms with Crippen molar-refractivity contribution in [2.75, 3.05) is 30.4 Å². The molecule has 0 bridgehead atoms. The summed E-state index contributed by atoms with van der Waals surface area (Å²) >= 11 is 1.83. The minimum absolute atomic E-state index is 0.0124. The van der Waals surface area contributed by atoms with Gasteiger partial charge in [-0.1, -0.05) is 18.2 Å². The maximum Gasteiger partial charge on any atom is 0.227 e. The van der Waals surface area contributed by atoms with Crippen LogP contribution in [0, 0.1) is 5.92 Å². The van der Waals surface area contributed by atoms with Crippen LogP contribution in [-0.4, -0.2) is 37.3 Å². The average Bonchev–Trinajstić information content (AvgIpc) is 3.15. The molecule has 0 aromatic heterocycles. The second kappa shape index (κ2) is 7.63. The van der Waals surface area contributed by atoms with Gasteiger partial charge in [0.1, 0.15) is 13.2 Å². The lowest BCUT2D eigenvalue weighted by atomic mass is 10.0. The third-order valence-corrected chi connectivity index (χ3v) is 6.73. The van der Waals surface area contributed by atoms with Gasteiger partial charge in [-0.3, -0.25) is 9.59 Å². The van der Waals surface area contributed by atoms with Crippen LogP contribution in [0.4, 0.5) is 5.69 Å². The minimum atomic E-state index is -0.350. The fraction of sp³-hybridized carbons (Fsp3) is 0.364. The van der Waals surface area contributed by atoms with Crippen molar-refractivity contribution in [3.8, 4) is 11.5 Å². The zero-order valence-corrected chi connectivity index (χ0v) is 16.7. The molecule has 3 heterocycles. The van der Waals surface area contributed by atoms with E-state index in [-0.39, 0.29) is 30.2 Å². The molecule has 3 aliphatic rings. The second-order valence-electron chi connectivity index (χ2n) is 7.47. The molecule has 0 unspecified atom stereocenters. The van der Waals surface area contributed by atoms with Crippen LogP contribution in [0.15, 0.2) is 47.4 Å². The van der Waals surface area contributed by atoms with Crippen molar-refractivity contribution >= 4 is 29.3 Å². The highest BCUT2D eigenvalue weighted by atomic mass is 32.2. The molecule has 0 aliphatic carbocycles. The molecular weight excluding hydrogens is 388 g/mol. The van der Waals surface area contributed by atoms with E-state index >= 15 is 0 Å². The Kier molecular flexibility index (Phi) is 4.83. The predicted octanol–water partition coefficient (Wildman–Crippen LogP) is 3.16. The molecular formula is C22H22N2O4S. The third kappa shape index (κ3) is 3.55. The Hall–Kier alpha value is -2.67. The van der Waals surface area contributed by atoms with Crippen LogP contribution in [0.2, 0.25) is 0 Å². The maximum atomic E-state index is 12.9. The van der Waals surface area contributed by atoms with Gasteiger partial charge in [0, 0.05) is 35.4 Å². The highest BCUT2D eigenvalue weighted by molar-refractivity contribution is 7.99. The van der Waals surface area contributed by atoms with E-state index in [1.54, 1.807) is 4.90 Å². The number of carbonyl (C=O) groups is 2. The van der Waals surface area contributed by atoms with Crippen LogP contribution in [0.1, 0.15) is 24.4 Å². The molecule has 29 heavy (non-hydrogen) atoms. The van der Waals surface area contributed by atoms with E-state index in [1.165, 1.54) is 10.5 Å². The van der Waals surface area contributed by atoms with Gasteiger partial charge in [-0.2, -0.15) is 0 Å². The van der Waals surface area contributed by atoms with E-state index in [0.717, 1.165) is 17.9 Å². The van der Waals surface area contributed by atoms with Crippen molar-refractivity contribution in [1.29, 1.82) is 0 Å². The predicted molar refractivity (Wildman–Crippen MR) is 111 cm³/mol. The zero-order chi connectivity index (χ0) is 19.8. The van der Waals surface area contributed by atoms with Crippen molar-refractivity contribution in [3.63, 3.8) is 0 Å². The molecule has 1 saturated heterocycles. The van der Waals surface area contributed by atoms with Crippen molar-refractivity contribution in [2.24, 2.45) is 5.92 Å². The van der Waals surface area contributed by atoms with Gasteiger partial charge in [0.25, 0.3) is 0 Å². The molecule has 2 aromatic rings. The summed E-state index contributed by atoms with van der Waals surface area (Å²) in [5.41, 5.74) is 1.92. The average molecular weight is 410 g/mol. The third-order valence-electron chi connectivity index (χ3n) is 5.61. The van der Waals surface area contributed by atoms with Crippen molar-refractivity contribution in [2.45, 2.75) is 23.8 Å². The monoisotopic (exact) mass is 410 g/mol. The second-order valence-corrected chi connectivity index (χ2v) is 8.61. The van der Waals surface area contributed by atoms with E-state index in [0.29, 0.717) is 31.3 Å². The molecule has 6 nitrogen and oxygen atoms in total. The van der Waals surface area contributed by atoms with Gasteiger partial charge in [-0.25, -0.2) is 0 Å². The number of ether oxygens (including phenoxy) is 2. The summed E-state index contributed by atoms with van der Waals surface area (Å²) in [6.45, 7) is 1.41. The number of rotatable bonds is 3. The van der Waals surface area contributed by atoms with Crippen LogP contribution >= 0.6 is 11.8 Å².